The van der Waals surface area contributed by atoms with Crippen molar-refractivity contribution in [3.05, 3.63) is 46.9 Å². The van der Waals surface area contributed by atoms with Crippen molar-refractivity contribution in [2.75, 3.05) is 5.32 Å². The van der Waals surface area contributed by atoms with Gasteiger partial charge in [-0.2, -0.15) is 5.10 Å². The third kappa shape index (κ3) is 2.99. The number of nitrogens with two attached hydrogens (primary N) is 1. The van der Waals surface area contributed by atoms with Gasteiger partial charge in [0.05, 0.1) is 11.8 Å². The molecule has 0 aliphatic carbocycles. The molecule has 8 heteroatoms. The van der Waals surface area contributed by atoms with Gasteiger partial charge < -0.3 is 16.3 Å². The monoisotopic (exact) mass is 291 g/mol. The normalized spacial score (nSPS) is 11.5. The van der Waals surface area contributed by atoms with Crippen LogP contribution in [-0.4, -0.2) is 26.7 Å². The van der Waals surface area contributed by atoms with Gasteiger partial charge in [0.15, 0.2) is 5.84 Å². The minimum absolute atomic E-state index is 0.166. The van der Waals surface area contributed by atoms with E-state index >= 15 is 0 Å². The summed E-state index contributed by atoms with van der Waals surface area (Å²) in [5, 5.41) is 18.1. The molecular weight excluding hydrogens is 277 g/mol. The smallest absolute Gasteiger partial charge is 0.256 e. The summed E-state index contributed by atoms with van der Waals surface area (Å²) in [7, 11) is 1.58. The number of hydrogen-bond acceptors (Lipinski definition) is 4. The number of halogens is 1. The van der Waals surface area contributed by atoms with Crippen LogP contribution >= 0.6 is 0 Å². The van der Waals surface area contributed by atoms with Crippen LogP contribution in [0.4, 0.5) is 10.2 Å². The van der Waals surface area contributed by atoms with Crippen LogP contribution in [0.1, 0.15) is 21.5 Å². The highest BCUT2D eigenvalue weighted by atomic mass is 19.1. The number of aryl methyl sites for hydroxylation is 2. The van der Waals surface area contributed by atoms with E-state index in [2.05, 4.69) is 15.6 Å². The lowest BCUT2D eigenvalue weighted by atomic mass is 10.1. The molecule has 0 aliphatic rings. The van der Waals surface area contributed by atoms with Crippen molar-refractivity contribution >= 4 is 17.6 Å². The Balaban J connectivity index is 2.34. The number of aromatic nitrogens is 2. The van der Waals surface area contributed by atoms with E-state index in [0.29, 0.717) is 5.56 Å². The Kier molecular flexibility index (Phi) is 3.88. The van der Waals surface area contributed by atoms with Gasteiger partial charge >= 0.3 is 0 Å². The molecule has 0 spiro atoms. The number of oxime groups is 1. The largest absolute Gasteiger partial charge is 0.409 e. The van der Waals surface area contributed by atoms with Crippen LogP contribution in [0.3, 0.4) is 0 Å². The fourth-order valence-corrected chi connectivity index (χ4v) is 1.87. The van der Waals surface area contributed by atoms with E-state index < -0.39 is 11.7 Å². The van der Waals surface area contributed by atoms with Crippen LogP contribution in [0.2, 0.25) is 0 Å². The minimum atomic E-state index is -0.520. The van der Waals surface area contributed by atoms with Crippen molar-refractivity contribution in [3.8, 4) is 0 Å². The highest BCUT2D eigenvalue weighted by Crippen LogP contribution is 2.16. The molecule has 1 heterocycles. The van der Waals surface area contributed by atoms with E-state index in [9.17, 15) is 9.18 Å². The summed E-state index contributed by atoms with van der Waals surface area (Å²) in [6.07, 6.45) is 1.35. The van der Waals surface area contributed by atoms with E-state index in [1.807, 2.05) is 0 Å². The predicted octanol–water partition coefficient (Wildman–Crippen LogP) is 1.21. The molecule has 0 aliphatic heterocycles. The molecule has 21 heavy (non-hydrogen) atoms. The molecule has 2 rings (SSSR count). The summed E-state index contributed by atoms with van der Waals surface area (Å²) in [4.78, 5) is 12.2. The number of carbonyl (C=O) groups excluding carboxylic acids is 1. The molecule has 1 amide bonds. The first-order chi connectivity index (χ1) is 9.92. The highest BCUT2D eigenvalue weighted by Gasteiger charge is 2.16. The molecule has 0 atom stereocenters. The Morgan fingerprint density at radius 1 is 1.48 bits per heavy atom. The third-order valence-electron chi connectivity index (χ3n) is 2.86. The Bertz CT molecular complexity index is 703. The first-order valence-corrected chi connectivity index (χ1v) is 6.01. The van der Waals surface area contributed by atoms with Crippen molar-refractivity contribution in [1.29, 1.82) is 0 Å². The molecule has 7 nitrogen and oxygen atoms in total. The van der Waals surface area contributed by atoms with Gasteiger partial charge in [0.2, 0.25) is 0 Å². The van der Waals surface area contributed by atoms with Crippen LogP contribution in [0.25, 0.3) is 0 Å². The summed E-state index contributed by atoms with van der Waals surface area (Å²) in [6, 6.07) is 4.00. The SMILES string of the molecule is Cc1cc(F)cc(C(=O)Nc2c(/C(N)=N/O)cnn2C)c1. The number of hydrogen-bond donors (Lipinski definition) is 3. The summed E-state index contributed by atoms with van der Waals surface area (Å²) in [5.41, 5.74) is 6.56. The van der Waals surface area contributed by atoms with Crippen LogP contribution in [-0.2, 0) is 7.05 Å². The average Bonchev–Trinajstić information content (AvgIpc) is 2.78. The van der Waals surface area contributed by atoms with E-state index in [4.69, 9.17) is 10.9 Å². The topological polar surface area (TPSA) is 106 Å². The number of rotatable bonds is 3. The Hall–Kier alpha value is -2.90. The molecule has 110 valence electrons. The van der Waals surface area contributed by atoms with Crippen molar-refractivity contribution in [1.82, 2.24) is 9.78 Å². The molecule has 0 radical (unpaired) electrons. The third-order valence-corrected chi connectivity index (χ3v) is 2.86. The zero-order chi connectivity index (χ0) is 15.6. The number of nitrogens with one attached hydrogen (secondary N) is 1. The van der Waals surface area contributed by atoms with Gasteiger partial charge in [-0.05, 0) is 30.7 Å². The number of benzene rings is 1. The van der Waals surface area contributed by atoms with Gasteiger partial charge in [-0.3, -0.25) is 9.48 Å². The molecule has 4 N–H and O–H groups in total. The standard InChI is InChI=1S/C13H14FN5O2/c1-7-3-8(5-9(14)4-7)13(20)17-12-10(11(15)18-21)6-16-19(12)2/h3-6,21H,1-2H3,(H2,15,18)(H,17,20). The minimum Gasteiger partial charge on any atom is -0.409 e. The number of amidine groups is 1. The summed E-state index contributed by atoms with van der Waals surface area (Å²) < 4.78 is 14.7. The Labute approximate surface area is 119 Å². The second-order valence-electron chi connectivity index (χ2n) is 4.49. The number of nitrogens with zero attached hydrogens (tertiary/aromatic N) is 3. The van der Waals surface area contributed by atoms with E-state index in [-0.39, 0.29) is 22.8 Å². The Morgan fingerprint density at radius 2 is 2.19 bits per heavy atom. The second-order valence-corrected chi connectivity index (χ2v) is 4.49. The van der Waals surface area contributed by atoms with Gasteiger partial charge in [-0.15, -0.1) is 0 Å². The van der Waals surface area contributed by atoms with Gasteiger partial charge in [0.1, 0.15) is 11.6 Å². The average molecular weight is 291 g/mol. The zero-order valence-corrected chi connectivity index (χ0v) is 11.5. The van der Waals surface area contributed by atoms with Crippen LogP contribution in [0, 0.1) is 12.7 Å². The van der Waals surface area contributed by atoms with Gasteiger partial charge in [-0.1, -0.05) is 5.16 Å². The summed E-state index contributed by atoms with van der Waals surface area (Å²) in [6.45, 7) is 1.69. The number of amides is 1. The van der Waals surface area contributed by atoms with Gasteiger partial charge in [0, 0.05) is 12.6 Å². The van der Waals surface area contributed by atoms with Crippen LogP contribution in [0.5, 0.6) is 0 Å². The predicted molar refractivity (Wildman–Crippen MR) is 74.8 cm³/mol. The zero-order valence-electron chi connectivity index (χ0n) is 11.5. The number of anilines is 1. The fraction of sp³-hybridized carbons (Fsp3) is 0.154. The van der Waals surface area contributed by atoms with Gasteiger partial charge in [-0.25, -0.2) is 4.39 Å². The lowest BCUT2D eigenvalue weighted by Gasteiger charge is -2.08. The van der Waals surface area contributed by atoms with Crippen molar-refractivity contribution in [2.45, 2.75) is 6.92 Å². The lowest BCUT2D eigenvalue weighted by molar-refractivity contribution is 0.102. The van der Waals surface area contributed by atoms with Crippen molar-refractivity contribution in [2.24, 2.45) is 17.9 Å². The maximum absolute atomic E-state index is 13.3. The summed E-state index contributed by atoms with van der Waals surface area (Å²) >= 11 is 0. The van der Waals surface area contributed by atoms with E-state index in [0.717, 1.165) is 6.07 Å². The second kappa shape index (κ2) is 5.61. The molecule has 1 aromatic carbocycles. The van der Waals surface area contributed by atoms with E-state index in [1.165, 1.54) is 16.9 Å². The lowest BCUT2D eigenvalue weighted by Crippen LogP contribution is -2.20. The molecule has 0 bridgehead atoms. The molecule has 0 saturated heterocycles. The maximum atomic E-state index is 13.3. The van der Waals surface area contributed by atoms with Crippen LogP contribution in [0.15, 0.2) is 29.6 Å². The number of carbonyl (C=O) groups is 1. The first-order valence-electron chi connectivity index (χ1n) is 6.01. The van der Waals surface area contributed by atoms with Crippen LogP contribution < -0.4 is 11.1 Å². The molecule has 2 aromatic rings. The quantitative estimate of drug-likeness (QED) is 0.342. The molecular formula is C13H14FN5O2. The van der Waals surface area contributed by atoms with Crippen molar-refractivity contribution < 1.29 is 14.4 Å². The fourth-order valence-electron chi connectivity index (χ4n) is 1.87. The molecule has 1 aromatic heterocycles. The van der Waals surface area contributed by atoms with E-state index in [1.54, 1.807) is 20.0 Å². The Morgan fingerprint density at radius 3 is 2.81 bits per heavy atom. The summed E-state index contributed by atoms with van der Waals surface area (Å²) in [5.74, 6) is -0.957. The molecule has 0 saturated carbocycles. The maximum Gasteiger partial charge on any atom is 0.256 e. The molecule has 0 fully saturated rings. The highest BCUT2D eigenvalue weighted by molar-refractivity contribution is 6.09. The van der Waals surface area contributed by atoms with Gasteiger partial charge in [0.25, 0.3) is 5.91 Å². The first kappa shape index (κ1) is 14.5. The molecule has 0 unspecified atom stereocenters. The van der Waals surface area contributed by atoms with Crippen molar-refractivity contribution in [3.63, 3.8) is 0 Å².